The van der Waals surface area contributed by atoms with Gasteiger partial charge in [0.15, 0.2) is 17.5 Å². The molecule has 0 aliphatic heterocycles. The third-order valence-electron chi connectivity index (χ3n) is 5.97. The number of hydrogen-bond donors (Lipinski definition) is 3. The Kier molecular flexibility index (Phi) is 8.47. The van der Waals surface area contributed by atoms with Crippen LogP contribution in [0.3, 0.4) is 0 Å². The summed E-state index contributed by atoms with van der Waals surface area (Å²) in [6.45, 7) is 0.835. The van der Waals surface area contributed by atoms with E-state index in [-0.39, 0.29) is 43.7 Å². The largest absolute Gasteiger partial charge is 0.369 e. The van der Waals surface area contributed by atoms with Crippen molar-refractivity contribution in [2.24, 2.45) is 11.7 Å². The van der Waals surface area contributed by atoms with E-state index in [9.17, 15) is 19.2 Å². The fourth-order valence-corrected chi connectivity index (χ4v) is 5.02. The number of amides is 2. The first-order valence-electron chi connectivity index (χ1n) is 10.8. The summed E-state index contributed by atoms with van der Waals surface area (Å²) >= 11 is 1.64. The van der Waals surface area contributed by atoms with Gasteiger partial charge >= 0.3 is 0 Å². The van der Waals surface area contributed by atoms with E-state index in [0.717, 1.165) is 26.4 Å². The van der Waals surface area contributed by atoms with Gasteiger partial charge in [-0.25, -0.2) is 0 Å². The van der Waals surface area contributed by atoms with Gasteiger partial charge in [0, 0.05) is 29.1 Å². The highest BCUT2D eigenvalue weighted by Crippen LogP contribution is 2.31. The zero-order chi connectivity index (χ0) is 23.8. The normalized spacial score (nSPS) is 14.6. The summed E-state index contributed by atoms with van der Waals surface area (Å²) < 4.78 is 0. The average molecular weight is 544 g/mol. The molecular formula is C26H23Cl2N3O4S. The molecule has 0 saturated carbocycles. The van der Waals surface area contributed by atoms with Gasteiger partial charge in [-0.1, -0.05) is 12.1 Å². The van der Waals surface area contributed by atoms with Gasteiger partial charge in [0.2, 0.25) is 11.8 Å². The summed E-state index contributed by atoms with van der Waals surface area (Å²) in [4.78, 5) is 50.1. The molecule has 1 aliphatic carbocycles. The maximum absolute atomic E-state index is 12.7. The molecule has 3 aromatic carbocycles. The van der Waals surface area contributed by atoms with Crippen LogP contribution in [0.4, 0.5) is 5.69 Å². The number of rotatable bonds is 6. The van der Waals surface area contributed by atoms with Crippen molar-refractivity contribution in [2.45, 2.75) is 13.0 Å². The minimum atomic E-state index is -1.42. The zero-order valence-electron chi connectivity index (χ0n) is 18.9. The number of halogens is 2. The van der Waals surface area contributed by atoms with Gasteiger partial charge in [-0.3, -0.25) is 19.2 Å². The van der Waals surface area contributed by atoms with Crippen molar-refractivity contribution in [1.29, 1.82) is 0 Å². The Labute approximate surface area is 223 Å². The summed E-state index contributed by atoms with van der Waals surface area (Å²) in [6.07, 6.45) is 0.00808. The molecule has 1 unspecified atom stereocenters. The average Bonchev–Trinajstić information content (AvgIpc) is 3.30. The number of ketones is 2. The number of Topliss-reactive ketones (excluding diaryl/α,β-unsaturated/α-hetero) is 2. The molecule has 1 atom stereocenters. The molecule has 1 heterocycles. The number of nitrogens with two attached hydrogens (primary N) is 1. The molecule has 186 valence electrons. The zero-order valence-corrected chi connectivity index (χ0v) is 21.4. The second-order valence-corrected chi connectivity index (χ2v) is 9.38. The van der Waals surface area contributed by atoms with E-state index < -0.39 is 23.4 Å². The van der Waals surface area contributed by atoms with E-state index in [1.54, 1.807) is 17.4 Å². The fraction of sp³-hybridized carbons (Fsp3) is 0.154. The molecule has 2 amide bonds. The molecule has 4 N–H and O–H groups in total. The predicted molar refractivity (Wildman–Crippen MR) is 146 cm³/mol. The summed E-state index contributed by atoms with van der Waals surface area (Å²) in [5.41, 5.74) is 6.92. The number of nitrogens with one attached hydrogen (secondary N) is 2. The lowest BCUT2D eigenvalue weighted by Crippen LogP contribution is -2.41. The van der Waals surface area contributed by atoms with Crippen LogP contribution in [0, 0.1) is 5.92 Å². The van der Waals surface area contributed by atoms with Crippen LogP contribution in [-0.4, -0.2) is 29.9 Å². The lowest BCUT2D eigenvalue weighted by molar-refractivity contribution is -0.130. The van der Waals surface area contributed by atoms with E-state index in [0.29, 0.717) is 23.4 Å². The van der Waals surface area contributed by atoms with E-state index in [1.807, 2.05) is 53.9 Å². The predicted octanol–water partition coefficient (Wildman–Crippen LogP) is 4.04. The molecular weight excluding hydrogens is 521 g/mol. The number of benzene rings is 3. The highest BCUT2D eigenvalue weighted by molar-refractivity contribution is 7.09. The van der Waals surface area contributed by atoms with Crippen molar-refractivity contribution in [2.75, 3.05) is 11.9 Å². The van der Waals surface area contributed by atoms with E-state index in [4.69, 9.17) is 5.73 Å². The monoisotopic (exact) mass is 543 g/mol. The number of thiophene rings is 1. The van der Waals surface area contributed by atoms with Gasteiger partial charge < -0.3 is 16.4 Å². The van der Waals surface area contributed by atoms with Gasteiger partial charge in [0.05, 0.1) is 6.54 Å². The smallest absolute Gasteiger partial charge is 0.238 e. The van der Waals surface area contributed by atoms with Crippen LogP contribution in [0.5, 0.6) is 0 Å². The van der Waals surface area contributed by atoms with Crippen LogP contribution in [-0.2, 0) is 27.3 Å². The van der Waals surface area contributed by atoms with Crippen LogP contribution in [0.1, 0.15) is 20.8 Å². The fourth-order valence-electron chi connectivity index (χ4n) is 4.35. The molecule has 7 nitrogen and oxygen atoms in total. The van der Waals surface area contributed by atoms with Crippen LogP contribution < -0.4 is 16.4 Å². The van der Waals surface area contributed by atoms with Crippen molar-refractivity contribution in [3.05, 3.63) is 76.0 Å². The van der Waals surface area contributed by atoms with Gasteiger partial charge in [-0.15, -0.1) is 36.2 Å². The highest BCUT2D eigenvalue weighted by Gasteiger charge is 2.38. The number of fused-ring (bicyclic) bond motifs is 3. The third-order valence-corrected chi connectivity index (χ3v) is 6.84. The summed E-state index contributed by atoms with van der Waals surface area (Å²) in [5, 5.41) is 11.6. The van der Waals surface area contributed by atoms with Crippen LogP contribution in [0.25, 0.3) is 21.5 Å². The first-order valence-corrected chi connectivity index (χ1v) is 11.7. The topological polar surface area (TPSA) is 118 Å². The molecule has 10 heteroatoms. The molecule has 5 rings (SSSR count). The van der Waals surface area contributed by atoms with Crippen LogP contribution >= 0.6 is 36.2 Å². The van der Waals surface area contributed by atoms with Gasteiger partial charge in [0.1, 0.15) is 0 Å². The van der Waals surface area contributed by atoms with Crippen molar-refractivity contribution >= 4 is 86.8 Å². The minimum absolute atomic E-state index is 0. The summed E-state index contributed by atoms with van der Waals surface area (Å²) in [6, 6.07) is 17.1. The Balaban J connectivity index is 0.00000180. The minimum Gasteiger partial charge on any atom is -0.369 e. The van der Waals surface area contributed by atoms with Gasteiger partial charge in [-0.2, -0.15) is 0 Å². The van der Waals surface area contributed by atoms with Gasteiger partial charge in [-0.05, 0) is 75.0 Å². The Morgan fingerprint density at radius 3 is 2.39 bits per heavy atom. The number of primary amides is 1. The van der Waals surface area contributed by atoms with Crippen molar-refractivity contribution in [3.8, 4) is 0 Å². The Hall–Kier alpha value is -3.30. The van der Waals surface area contributed by atoms with Crippen LogP contribution in [0.2, 0.25) is 0 Å². The van der Waals surface area contributed by atoms with E-state index >= 15 is 0 Å². The third kappa shape index (κ3) is 5.42. The Morgan fingerprint density at radius 1 is 0.944 bits per heavy atom. The number of carbonyl (C=O) groups is 4. The number of hydrogen-bond acceptors (Lipinski definition) is 6. The number of anilines is 1. The van der Waals surface area contributed by atoms with Crippen molar-refractivity contribution in [1.82, 2.24) is 5.32 Å². The van der Waals surface area contributed by atoms with Crippen LogP contribution in [0.15, 0.2) is 60.0 Å². The highest BCUT2D eigenvalue weighted by atomic mass is 35.5. The lowest BCUT2D eigenvalue weighted by atomic mass is 9.80. The van der Waals surface area contributed by atoms with Crippen molar-refractivity contribution < 1.29 is 19.2 Å². The molecule has 0 bridgehead atoms. The molecule has 4 aromatic rings. The molecule has 0 spiro atoms. The first-order chi connectivity index (χ1) is 16.4. The quantitative estimate of drug-likeness (QED) is 0.250. The second kappa shape index (κ2) is 11.2. The maximum Gasteiger partial charge on any atom is 0.238 e. The number of carbonyl (C=O) groups excluding carboxylic acids is 4. The van der Waals surface area contributed by atoms with Crippen molar-refractivity contribution in [3.63, 3.8) is 0 Å². The summed E-state index contributed by atoms with van der Waals surface area (Å²) in [5.74, 6) is -3.48. The lowest BCUT2D eigenvalue weighted by Gasteiger charge is -2.21. The Morgan fingerprint density at radius 2 is 1.67 bits per heavy atom. The molecule has 0 radical (unpaired) electrons. The second-order valence-electron chi connectivity index (χ2n) is 8.34. The molecule has 1 aliphatic rings. The van der Waals surface area contributed by atoms with E-state index in [1.165, 1.54) is 0 Å². The standard InChI is InChI=1S/C26H21N3O4S.2ClH/c27-26(33)24-22(30)11-18-8-15-6-14-3-4-19(9-16(14)7-17(15)10-21(18)25(24)32)29-23(31)13-28-12-20-2-1-5-34-20;;/h1-10,24,28H,11-13H2,(H2,27,33)(H,29,31);2*1H. The van der Waals surface area contributed by atoms with E-state index in [2.05, 4.69) is 10.6 Å². The molecule has 36 heavy (non-hydrogen) atoms. The molecule has 0 fully saturated rings. The summed E-state index contributed by atoms with van der Waals surface area (Å²) in [7, 11) is 0. The molecule has 0 saturated heterocycles. The van der Waals surface area contributed by atoms with Gasteiger partial charge in [0.25, 0.3) is 0 Å². The first kappa shape index (κ1) is 27.3. The SMILES string of the molecule is Cl.Cl.NC(=O)C1C(=O)Cc2cc3cc4ccc(NC(=O)CNCc5cccs5)cc4cc3cc2C1=O. The maximum atomic E-state index is 12.7. The Bertz CT molecular complexity index is 1490. The molecule has 1 aromatic heterocycles.